The summed E-state index contributed by atoms with van der Waals surface area (Å²) in [6.07, 6.45) is 9.30. The molecule has 1 N–H and O–H groups in total. The van der Waals surface area contributed by atoms with Gasteiger partial charge in [-0.1, -0.05) is 37.3 Å². The topological polar surface area (TPSA) is 53.4 Å². The fourth-order valence-corrected chi connectivity index (χ4v) is 2.70. The van der Waals surface area contributed by atoms with E-state index in [9.17, 15) is 0 Å². The van der Waals surface area contributed by atoms with Crippen molar-refractivity contribution in [2.45, 2.75) is 38.1 Å². The van der Waals surface area contributed by atoms with Gasteiger partial charge in [-0.05, 0) is 18.4 Å². The van der Waals surface area contributed by atoms with Gasteiger partial charge in [-0.2, -0.15) is 0 Å². The molecule has 1 unspecified atom stereocenters. The van der Waals surface area contributed by atoms with E-state index in [4.69, 9.17) is 4.99 Å². The van der Waals surface area contributed by atoms with Gasteiger partial charge in [0.25, 0.3) is 0 Å². The molecule has 108 valence electrons. The average Bonchev–Trinajstić information content (AvgIpc) is 3.16. The summed E-state index contributed by atoms with van der Waals surface area (Å²) in [5.74, 6) is 0.954. The molecule has 1 aliphatic heterocycles. The molecule has 2 aromatic rings. The number of rotatable bonds is 6. The molecule has 4 nitrogen and oxygen atoms in total. The Kier molecular flexibility index (Phi) is 3.95. The maximum atomic E-state index is 4.89. The zero-order valence-corrected chi connectivity index (χ0v) is 12.3. The quantitative estimate of drug-likeness (QED) is 0.868. The van der Waals surface area contributed by atoms with Crippen LogP contribution in [-0.2, 0) is 12.8 Å². The van der Waals surface area contributed by atoms with Crippen LogP contribution in [-0.4, -0.2) is 27.6 Å². The normalized spacial score (nSPS) is 20.7. The Morgan fingerprint density at radius 1 is 1.19 bits per heavy atom. The Balaban J connectivity index is 1.79. The number of benzene rings is 1. The van der Waals surface area contributed by atoms with Gasteiger partial charge in [0, 0.05) is 30.9 Å². The molecule has 0 fully saturated rings. The van der Waals surface area contributed by atoms with E-state index < -0.39 is 0 Å². The fraction of sp³-hybridized carbons (Fsp3) is 0.353. The molecular weight excluding hydrogens is 260 g/mol. The fourth-order valence-electron chi connectivity index (χ4n) is 2.70. The van der Waals surface area contributed by atoms with Crippen LogP contribution in [0.1, 0.15) is 31.0 Å². The van der Waals surface area contributed by atoms with E-state index in [0.717, 1.165) is 37.2 Å². The second kappa shape index (κ2) is 6.04. The number of imidazole rings is 1. The molecule has 0 spiro atoms. The highest BCUT2D eigenvalue weighted by Crippen LogP contribution is 2.26. The van der Waals surface area contributed by atoms with Crippen LogP contribution in [0.25, 0.3) is 0 Å². The molecule has 0 saturated carbocycles. The minimum atomic E-state index is -0.211. The van der Waals surface area contributed by atoms with Crippen molar-refractivity contribution >= 4 is 12.1 Å². The van der Waals surface area contributed by atoms with Crippen LogP contribution in [0.15, 0.2) is 52.8 Å². The summed E-state index contributed by atoms with van der Waals surface area (Å²) < 4.78 is 0. The first-order valence-corrected chi connectivity index (χ1v) is 7.45. The largest absolute Gasteiger partial charge is 0.348 e. The first kappa shape index (κ1) is 13.7. The number of aromatic nitrogens is 2. The molecule has 0 amide bonds. The number of H-pyrrole nitrogens is 1. The van der Waals surface area contributed by atoms with Crippen molar-refractivity contribution in [3.05, 3.63) is 54.1 Å². The second-order valence-corrected chi connectivity index (χ2v) is 5.48. The van der Waals surface area contributed by atoms with E-state index in [0.29, 0.717) is 0 Å². The van der Waals surface area contributed by atoms with Gasteiger partial charge in [0.05, 0.1) is 6.33 Å². The molecule has 1 aromatic heterocycles. The van der Waals surface area contributed by atoms with E-state index in [1.807, 2.05) is 18.5 Å². The summed E-state index contributed by atoms with van der Waals surface area (Å²) >= 11 is 0. The monoisotopic (exact) mass is 280 g/mol. The third-order valence-electron chi connectivity index (χ3n) is 3.86. The predicted octanol–water partition coefficient (Wildman–Crippen LogP) is 3.22. The van der Waals surface area contributed by atoms with E-state index in [-0.39, 0.29) is 5.54 Å². The third kappa shape index (κ3) is 3.27. The zero-order valence-electron chi connectivity index (χ0n) is 12.3. The molecule has 1 aromatic carbocycles. The number of aromatic amines is 1. The lowest BCUT2D eigenvalue weighted by Crippen LogP contribution is -2.30. The summed E-state index contributed by atoms with van der Waals surface area (Å²) in [5.41, 5.74) is 2.24. The van der Waals surface area contributed by atoms with Gasteiger partial charge in [0.15, 0.2) is 0 Å². The lowest BCUT2D eigenvalue weighted by atomic mass is 9.88. The predicted molar refractivity (Wildman–Crippen MR) is 86.0 cm³/mol. The van der Waals surface area contributed by atoms with Crippen LogP contribution in [0.4, 0.5) is 0 Å². The van der Waals surface area contributed by atoms with Gasteiger partial charge >= 0.3 is 0 Å². The van der Waals surface area contributed by atoms with E-state index >= 15 is 0 Å². The van der Waals surface area contributed by atoms with Crippen molar-refractivity contribution in [1.82, 2.24) is 9.97 Å². The number of nitrogens with zero attached hydrogens (tertiary/aromatic N) is 3. The van der Waals surface area contributed by atoms with Gasteiger partial charge in [-0.25, -0.2) is 9.98 Å². The maximum absolute atomic E-state index is 4.89. The third-order valence-corrected chi connectivity index (χ3v) is 3.86. The first-order valence-electron chi connectivity index (χ1n) is 7.45. The summed E-state index contributed by atoms with van der Waals surface area (Å²) in [5, 5.41) is 0. The van der Waals surface area contributed by atoms with E-state index in [2.05, 4.69) is 46.1 Å². The molecule has 3 rings (SSSR count). The molecule has 1 aliphatic rings. The van der Waals surface area contributed by atoms with E-state index in [1.165, 1.54) is 5.56 Å². The summed E-state index contributed by atoms with van der Waals surface area (Å²) in [7, 11) is 0. The van der Waals surface area contributed by atoms with Crippen molar-refractivity contribution in [2.75, 3.05) is 0 Å². The van der Waals surface area contributed by atoms with Crippen LogP contribution in [0.2, 0.25) is 0 Å². The van der Waals surface area contributed by atoms with Gasteiger partial charge in [0.2, 0.25) is 0 Å². The molecule has 21 heavy (non-hydrogen) atoms. The SMILES string of the molecule is CCC1=NC(CCc2cnc[nH]2)(Cc2ccccc2)C=N1. The highest BCUT2D eigenvalue weighted by molar-refractivity contribution is 5.98. The van der Waals surface area contributed by atoms with Crippen LogP contribution >= 0.6 is 0 Å². The van der Waals surface area contributed by atoms with Gasteiger partial charge in [-0.15, -0.1) is 0 Å². The second-order valence-electron chi connectivity index (χ2n) is 5.48. The molecule has 0 bridgehead atoms. The van der Waals surface area contributed by atoms with Crippen molar-refractivity contribution in [1.29, 1.82) is 0 Å². The average molecular weight is 280 g/mol. The van der Waals surface area contributed by atoms with Crippen molar-refractivity contribution < 1.29 is 0 Å². The lowest BCUT2D eigenvalue weighted by molar-refractivity contribution is 0.533. The number of amidine groups is 1. The number of aryl methyl sites for hydroxylation is 1. The van der Waals surface area contributed by atoms with Crippen LogP contribution < -0.4 is 0 Å². The van der Waals surface area contributed by atoms with Crippen molar-refractivity contribution in [3.63, 3.8) is 0 Å². The number of nitrogens with one attached hydrogen (secondary N) is 1. The molecule has 0 aliphatic carbocycles. The van der Waals surface area contributed by atoms with E-state index in [1.54, 1.807) is 6.33 Å². The highest BCUT2D eigenvalue weighted by Gasteiger charge is 2.31. The molecule has 0 saturated heterocycles. The molecular formula is C17H20N4. The summed E-state index contributed by atoms with van der Waals surface area (Å²) in [6.45, 7) is 2.10. The summed E-state index contributed by atoms with van der Waals surface area (Å²) in [6, 6.07) is 10.5. The van der Waals surface area contributed by atoms with Gasteiger partial charge in [0.1, 0.15) is 11.4 Å². The van der Waals surface area contributed by atoms with Crippen LogP contribution in [0.5, 0.6) is 0 Å². The number of aliphatic imine (C=N–C) groups is 2. The minimum Gasteiger partial charge on any atom is -0.348 e. The molecule has 4 heteroatoms. The molecule has 2 heterocycles. The highest BCUT2D eigenvalue weighted by atomic mass is 15.0. The Morgan fingerprint density at radius 2 is 2.05 bits per heavy atom. The lowest BCUT2D eigenvalue weighted by Gasteiger charge is -2.23. The smallest absolute Gasteiger partial charge is 0.123 e. The van der Waals surface area contributed by atoms with Crippen molar-refractivity contribution in [3.8, 4) is 0 Å². The first-order chi connectivity index (χ1) is 10.3. The summed E-state index contributed by atoms with van der Waals surface area (Å²) in [4.78, 5) is 16.6. The minimum absolute atomic E-state index is 0.211. The zero-order chi connectivity index (χ0) is 14.5. The van der Waals surface area contributed by atoms with Crippen LogP contribution in [0.3, 0.4) is 0 Å². The Bertz CT molecular complexity index is 628. The Hall–Kier alpha value is -2.23. The standard InChI is InChI=1S/C17H20N4/c1-2-16-19-12-17(21-16,9-8-15-11-18-13-20-15)10-14-6-4-3-5-7-14/h3-7,11-13H,2,8-10H2,1H3,(H,18,20). The molecule has 0 radical (unpaired) electrons. The van der Waals surface area contributed by atoms with Gasteiger partial charge in [-0.3, -0.25) is 4.99 Å². The van der Waals surface area contributed by atoms with Crippen LogP contribution in [0, 0.1) is 0 Å². The number of hydrogen-bond donors (Lipinski definition) is 1. The van der Waals surface area contributed by atoms with Crippen molar-refractivity contribution in [2.24, 2.45) is 9.98 Å². The Labute approximate surface area is 125 Å². The molecule has 1 atom stereocenters. The van der Waals surface area contributed by atoms with Gasteiger partial charge < -0.3 is 4.98 Å². The number of hydrogen-bond acceptors (Lipinski definition) is 3. The Morgan fingerprint density at radius 3 is 2.71 bits per heavy atom. The maximum Gasteiger partial charge on any atom is 0.123 e.